The van der Waals surface area contributed by atoms with Crippen LogP contribution in [0.3, 0.4) is 0 Å². The van der Waals surface area contributed by atoms with E-state index in [4.69, 9.17) is 11.0 Å². The predicted octanol–water partition coefficient (Wildman–Crippen LogP) is 1.74. The van der Waals surface area contributed by atoms with E-state index < -0.39 is 11.7 Å². The van der Waals surface area contributed by atoms with Crippen molar-refractivity contribution in [1.82, 2.24) is 14.8 Å². The van der Waals surface area contributed by atoms with Crippen molar-refractivity contribution in [2.45, 2.75) is 6.18 Å². The number of pyridine rings is 1. The second kappa shape index (κ2) is 4.03. The van der Waals surface area contributed by atoms with Crippen LogP contribution < -0.4 is 5.73 Å². The molecule has 0 amide bonds. The van der Waals surface area contributed by atoms with E-state index in [1.165, 1.54) is 12.3 Å². The molecule has 0 unspecified atom stereocenters. The molecule has 2 aromatic rings. The Morgan fingerprint density at radius 1 is 1.33 bits per heavy atom. The summed E-state index contributed by atoms with van der Waals surface area (Å²) >= 11 is 0. The van der Waals surface area contributed by atoms with E-state index in [1.807, 2.05) is 6.07 Å². The van der Waals surface area contributed by atoms with Gasteiger partial charge in [-0.25, -0.2) is 9.67 Å². The Hall–Kier alpha value is -2.56. The van der Waals surface area contributed by atoms with Crippen LogP contribution in [-0.2, 0) is 6.18 Å². The molecule has 0 aliphatic heterocycles. The van der Waals surface area contributed by atoms with Gasteiger partial charge in [0, 0.05) is 12.4 Å². The molecule has 92 valence electrons. The highest BCUT2D eigenvalue weighted by molar-refractivity contribution is 5.55. The minimum absolute atomic E-state index is 0.0458. The van der Waals surface area contributed by atoms with E-state index in [0.29, 0.717) is 6.20 Å². The molecule has 0 saturated heterocycles. The first-order valence-corrected chi connectivity index (χ1v) is 4.69. The number of alkyl halides is 3. The molecule has 0 aliphatic rings. The van der Waals surface area contributed by atoms with Gasteiger partial charge in [-0.05, 0) is 6.07 Å². The van der Waals surface area contributed by atoms with Crippen molar-refractivity contribution in [3.05, 3.63) is 35.8 Å². The highest BCUT2D eigenvalue weighted by Crippen LogP contribution is 2.29. The Balaban J connectivity index is 2.44. The standard InChI is InChI=1S/C10H6F3N5/c11-10(12,13)7-4-17-18(5-7)9-8(15)1-6(2-14)3-16-9/h1,3-5H,15H2. The van der Waals surface area contributed by atoms with Gasteiger partial charge in [-0.1, -0.05) is 0 Å². The number of nitriles is 1. The number of nitrogens with zero attached hydrogens (tertiary/aromatic N) is 4. The van der Waals surface area contributed by atoms with Gasteiger partial charge in [0.2, 0.25) is 0 Å². The number of aromatic nitrogens is 3. The van der Waals surface area contributed by atoms with Gasteiger partial charge in [0.25, 0.3) is 0 Å². The van der Waals surface area contributed by atoms with Crippen molar-refractivity contribution in [2.24, 2.45) is 0 Å². The van der Waals surface area contributed by atoms with Crippen LogP contribution in [0.2, 0.25) is 0 Å². The molecule has 0 spiro atoms. The largest absolute Gasteiger partial charge is 0.419 e. The van der Waals surface area contributed by atoms with E-state index in [-0.39, 0.29) is 17.1 Å². The molecule has 0 atom stereocenters. The fraction of sp³-hybridized carbons (Fsp3) is 0.100. The van der Waals surface area contributed by atoms with Gasteiger partial charge >= 0.3 is 6.18 Å². The number of nitrogens with two attached hydrogens (primary N) is 1. The van der Waals surface area contributed by atoms with Crippen LogP contribution in [0, 0.1) is 11.3 Å². The quantitative estimate of drug-likeness (QED) is 0.839. The minimum Gasteiger partial charge on any atom is -0.396 e. The maximum Gasteiger partial charge on any atom is 0.419 e. The number of halogens is 3. The predicted molar refractivity (Wildman–Crippen MR) is 55.5 cm³/mol. The molecule has 2 N–H and O–H groups in total. The maximum absolute atomic E-state index is 12.4. The van der Waals surface area contributed by atoms with Gasteiger partial charge < -0.3 is 5.73 Å². The fourth-order valence-electron chi connectivity index (χ4n) is 1.31. The second-order valence-electron chi connectivity index (χ2n) is 3.42. The Morgan fingerprint density at radius 3 is 2.56 bits per heavy atom. The van der Waals surface area contributed by atoms with E-state index >= 15 is 0 Å². The normalized spacial score (nSPS) is 11.2. The molecule has 0 bridgehead atoms. The van der Waals surface area contributed by atoms with Gasteiger partial charge in [-0.3, -0.25) is 0 Å². The van der Waals surface area contributed by atoms with Gasteiger partial charge in [-0.15, -0.1) is 0 Å². The first kappa shape index (κ1) is 11.9. The van der Waals surface area contributed by atoms with Crippen LogP contribution in [0.1, 0.15) is 11.1 Å². The molecule has 2 aromatic heterocycles. The highest BCUT2D eigenvalue weighted by atomic mass is 19.4. The lowest BCUT2D eigenvalue weighted by molar-refractivity contribution is -0.137. The van der Waals surface area contributed by atoms with Crippen LogP contribution in [0.15, 0.2) is 24.7 Å². The van der Waals surface area contributed by atoms with Gasteiger partial charge in [0.1, 0.15) is 6.07 Å². The lowest BCUT2D eigenvalue weighted by Gasteiger charge is -2.04. The molecule has 0 aliphatic carbocycles. The number of hydrogen-bond acceptors (Lipinski definition) is 4. The van der Waals surface area contributed by atoms with Crippen molar-refractivity contribution in [3.8, 4) is 11.9 Å². The average molecular weight is 253 g/mol. The fourth-order valence-corrected chi connectivity index (χ4v) is 1.31. The summed E-state index contributed by atoms with van der Waals surface area (Å²) in [6.45, 7) is 0. The zero-order valence-corrected chi connectivity index (χ0v) is 8.81. The number of anilines is 1. The highest BCUT2D eigenvalue weighted by Gasteiger charge is 2.32. The topological polar surface area (TPSA) is 80.5 Å². The first-order chi connectivity index (χ1) is 8.41. The van der Waals surface area contributed by atoms with Gasteiger partial charge in [0.05, 0.1) is 23.0 Å². The van der Waals surface area contributed by atoms with E-state index in [1.54, 1.807) is 0 Å². The van der Waals surface area contributed by atoms with E-state index in [0.717, 1.165) is 10.9 Å². The van der Waals surface area contributed by atoms with Crippen molar-refractivity contribution >= 4 is 5.69 Å². The minimum atomic E-state index is -4.47. The third kappa shape index (κ3) is 2.10. The molecule has 0 radical (unpaired) electrons. The average Bonchev–Trinajstić information content (AvgIpc) is 2.77. The number of hydrogen-bond donors (Lipinski definition) is 1. The maximum atomic E-state index is 12.4. The van der Waals surface area contributed by atoms with Crippen LogP contribution in [0.4, 0.5) is 18.9 Å². The lowest BCUT2D eigenvalue weighted by Crippen LogP contribution is -2.05. The molecule has 0 fully saturated rings. The Bertz CT molecular complexity index is 623. The van der Waals surface area contributed by atoms with E-state index in [9.17, 15) is 13.2 Å². The Kier molecular flexibility index (Phi) is 2.67. The second-order valence-corrected chi connectivity index (χ2v) is 3.42. The summed E-state index contributed by atoms with van der Waals surface area (Å²) < 4.78 is 38.1. The molecular weight excluding hydrogens is 247 g/mol. The van der Waals surface area contributed by atoms with Crippen molar-refractivity contribution in [3.63, 3.8) is 0 Å². The van der Waals surface area contributed by atoms with Crippen LogP contribution in [0.25, 0.3) is 5.82 Å². The van der Waals surface area contributed by atoms with Crippen molar-refractivity contribution < 1.29 is 13.2 Å². The van der Waals surface area contributed by atoms with Crippen LogP contribution in [0.5, 0.6) is 0 Å². The summed E-state index contributed by atoms with van der Waals surface area (Å²) in [5.74, 6) is 0.0458. The zero-order valence-electron chi connectivity index (χ0n) is 8.81. The molecule has 0 aromatic carbocycles. The summed E-state index contributed by atoms with van der Waals surface area (Å²) in [6.07, 6.45) is -1.80. The summed E-state index contributed by atoms with van der Waals surface area (Å²) in [5.41, 5.74) is 4.99. The zero-order chi connectivity index (χ0) is 13.3. The Morgan fingerprint density at radius 2 is 2.06 bits per heavy atom. The molecule has 2 rings (SSSR count). The summed E-state index contributed by atoms with van der Waals surface area (Å²) in [7, 11) is 0. The lowest BCUT2D eigenvalue weighted by atomic mass is 10.3. The van der Waals surface area contributed by atoms with Gasteiger partial charge in [0.15, 0.2) is 5.82 Å². The smallest absolute Gasteiger partial charge is 0.396 e. The monoisotopic (exact) mass is 253 g/mol. The summed E-state index contributed by atoms with van der Waals surface area (Å²) in [4.78, 5) is 3.80. The van der Waals surface area contributed by atoms with Gasteiger partial charge in [-0.2, -0.15) is 23.5 Å². The number of nitrogen functional groups attached to an aromatic ring is 1. The third-order valence-electron chi connectivity index (χ3n) is 2.15. The Labute approximate surface area is 99.3 Å². The molecule has 5 nitrogen and oxygen atoms in total. The SMILES string of the molecule is N#Cc1cnc(-n2cc(C(F)(F)F)cn2)c(N)c1. The van der Waals surface area contributed by atoms with Crippen molar-refractivity contribution in [1.29, 1.82) is 5.26 Å². The third-order valence-corrected chi connectivity index (χ3v) is 2.15. The molecular formula is C10H6F3N5. The summed E-state index contributed by atoms with van der Waals surface area (Å²) in [5, 5.41) is 12.2. The van der Waals surface area contributed by atoms with Crippen LogP contribution in [-0.4, -0.2) is 14.8 Å². The summed E-state index contributed by atoms with van der Waals surface area (Å²) in [6, 6.07) is 3.14. The first-order valence-electron chi connectivity index (χ1n) is 4.69. The van der Waals surface area contributed by atoms with Crippen molar-refractivity contribution in [2.75, 3.05) is 5.73 Å². The van der Waals surface area contributed by atoms with Crippen LogP contribution >= 0.6 is 0 Å². The number of rotatable bonds is 1. The molecule has 18 heavy (non-hydrogen) atoms. The molecule has 0 saturated carbocycles. The molecule has 2 heterocycles. The molecule has 8 heteroatoms. The van der Waals surface area contributed by atoms with E-state index in [2.05, 4.69) is 10.1 Å².